The summed E-state index contributed by atoms with van der Waals surface area (Å²) in [5, 5.41) is 11.9. The third-order valence-electron chi connectivity index (χ3n) is 2.10. The molecule has 0 aliphatic rings. The average Bonchev–Trinajstić information content (AvgIpc) is 2.25. The highest BCUT2D eigenvalue weighted by molar-refractivity contribution is 5.70. The zero-order valence-electron chi connectivity index (χ0n) is 9.14. The predicted octanol–water partition coefficient (Wildman–Crippen LogP) is 0.515. The van der Waals surface area contributed by atoms with E-state index in [1.165, 1.54) is 13.2 Å². The van der Waals surface area contributed by atoms with Crippen LogP contribution in [0.5, 0.6) is 5.88 Å². The fourth-order valence-electron chi connectivity index (χ4n) is 1.16. The van der Waals surface area contributed by atoms with Crippen LogP contribution in [0.2, 0.25) is 0 Å². The normalized spacial score (nSPS) is 13.1. The van der Waals surface area contributed by atoms with Crippen molar-refractivity contribution >= 4 is 5.97 Å². The van der Waals surface area contributed by atoms with Crippen LogP contribution in [-0.2, 0) is 11.3 Å². The van der Waals surface area contributed by atoms with E-state index >= 15 is 0 Å². The molecule has 1 aromatic heterocycles. The number of methoxy groups -OCH3 is 1. The minimum absolute atomic E-state index is 0.0825. The Balaban J connectivity index is 3.08. The van der Waals surface area contributed by atoms with Gasteiger partial charge in [0.15, 0.2) is 5.92 Å². The topological polar surface area (TPSA) is 81.4 Å². The van der Waals surface area contributed by atoms with Gasteiger partial charge in [-0.15, -0.1) is 5.10 Å². The Morgan fingerprint density at radius 1 is 1.56 bits per heavy atom. The summed E-state index contributed by atoms with van der Waals surface area (Å²) in [5.41, 5.74) is -0.841. The Labute approximate surface area is 98.6 Å². The van der Waals surface area contributed by atoms with Gasteiger partial charge in [0.25, 0.3) is 5.56 Å². The van der Waals surface area contributed by atoms with Crippen molar-refractivity contribution in [1.82, 2.24) is 9.78 Å². The molecule has 0 fully saturated rings. The van der Waals surface area contributed by atoms with Crippen molar-refractivity contribution in [2.24, 2.45) is 5.92 Å². The first-order valence-corrected chi connectivity index (χ1v) is 4.67. The summed E-state index contributed by atoms with van der Waals surface area (Å²) in [6, 6.07) is 2.11. The highest BCUT2D eigenvalue weighted by atomic mass is 19.4. The predicted molar refractivity (Wildman–Crippen MR) is 52.2 cm³/mol. The van der Waals surface area contributed by atoms with E-state index in [0.29, 0.717) is 4.68 Å². The third kappa shape index (κ3) is 3.22. The quantitative estimate of drug-likeness (QED) is 0.859. The van der Waals surface area contributed by atoms with Gasteiger partial charge in [-0.1, -0.05) is 0 Å². The molecule has 9 heteroatoms. The molecule has 6 nitrogen and oxygen atoms in total. The fourth-order valence-corrected chi connectivity index (χ4v) is 1.16. The summed E-state index contributed by atoms with van der Waals surface area (Å²) in [7, 11) is 1.22. The van der Waals surface area contributed by atoms with Crippen LogP contribution < -0.4 is 10.3 Å². The van der Waals surface area contributed by atoms with Gasteiger partial charge in [-0.3, -0.25) is 9.59 Å². The first-order chi connectivity index (χ1) is 8.25. The van der Waals surface area contributed by atoms with Crippen LogP contribution in [0.1, 0.15) is 0 Å². The van der Waals surface area contributed by atoms with E-state index in [0.717, 1.165) is 6.07 Å². The molecule has 1 unspecified atom stereocenters. The van der Waals surface area contributed by atoms with E-state index in [9.17, 15) is 22.8 Å². The molecule has 0 spiro atoms. The molecule has 0 radical (unpaired) electrons. The lowest BCUT2D eigenvalue weighted by molar-refractivity contribution is -0.196. The number of hydrogen-bond donors (Lipinski definition) is 1. The van der Waals surface area contributed by atoms with Gasteiger partial charge in [0.05, 0.1) is 13.7 Å². The van der Waals surface area contributed by atoms with Gasteiger partial charge in [0.2, 0.25) is 5.88 Å². The number of ether oxygens (including phenoxy) is 1. The number of nitrogens with zero attached hydrogens (tertiary/aromatic N) is 2. The van der Waals surface area contributed by atoms with Crippen LogP contribution in [0.15, 0.2) is 16.9 Å². The minimum atomic E-state index is -4.96. The summed E-state index contributed by atoms with van der Waals surface area (Å²) < 4.78 is 42.3. The van der Waals surface area contributed by atoms with E-state index in [1.807, 2.05) is 0 Å². The molecule has 0 saturated carbocycles. The van der Waals surface area contributed by atoms with Gasteiger partial charge in [-0.05, 0) is 0 Å². The summed E-state index contributed by atoms with van der Waals surface area (Å²) in [6.45, 7) is -1.10. The number of alkyl halides is 3. The maximum atomic E-state index is 12.4. The van der Waals surface area contributed by atoms with Gasteiger partial charge in [-0.25, -0.2) is 4.68 Å². The number of carboxylic acids is 1. The minimum Gasteiger partial charge on any atom is -0.481 e. The van der Waals surface area contributed by atoms with E-state index in [2.05, 4.69) is 9.84 Å². The van der Waals surface area contributed by atoms with Crippen LogP contribution in [0.25, 0.3) is 0 Å². The fraction of sp³-hybridized carbons (Fsp3) is 0.444. The second kappa shape index (κ2) is 5.07. The molecule has 0 aromatic carbocycles. The maximum absolute atomic E-state index is 12.4. The summed E-state index contributed by atoms with van der Waals surface area (Å²) in [6.07, 6.45) is -4.96. The summed E-state index contributed by atoms with van der Waals surface area (Å²) >= 11 is 0. The molecular formula is C9H9F3N2O4. The monoisotopic (exact) mass is 266 g/mol. The first kappa shape index (κ1) is 14.0. The molecule has 0 amide bonds. The summed E-state index contributed by atoms with van der Waals surface area (Å²) in [4.78, 5) is 21.8. The molecule has 18 heavy (non-hydrogen) atoms. The number of aliphatic carboxylic acids is 1. The lowest BCUT2D eigenvalue weighted by atomic mass is 10.1. The SMILES string of the molecule is COc1ccc(=O)n(CC(C(=O)O)C(F)(F)F)n1. The molecule has 0 aliphatic heterocycles. The molecule has 100 valence electrons. The number of halogens is 3. The van der Waals surface area contributed by atoms with Crippen LogP contribution >= 0.6 is 0 Å². The Morgan fingerprint density at radius 2 is 2.17 bits per heavy atom. The van der Waals surface area contributed by atoms with Gasteiger partial charge < -0.3 is 9.84 Å². The number of aromatic nitrogens is 2. The lowest BCUT2D eigenvalue weighted by Gasteiger charge is -2.16. The zero-order valence-corrected chi connectivity index (χ0v) is 9.14. The third-order valence-corrected chi connectivity index (χ3v) is 2.10. The molecule has 1 rings (SSSR count). The Morgan fingerprint density at radius 3 is 2.61 bits per heavy atom. The molecule has 1 aromatic rings. The number of hydrogen-bond acceptors (Lipinski definition) is 4. The summed E-state index contributed by atoms with van der Waals surface area (Å²) in [5.74, 6) is -4.85. The van der Waals surface area contributed by atoms with Crippen molar-refractivity contribution < 1.29 is 27.8 Å². The second-order valence-corrected chi connectivity index (χ2v) is 3.33. The van der Waals surface area contributed by atoms with Crippen molar-refractivity contribution in [1.29, 1.82) is 0 Å². The maximum Gasteiger partial charge on any atom is 0.404 e. The first-order valence-electron chi connectivity index (χ1n) is 4.67. The largest absolute Gasteiger partial charge is 0.481 e. The Kier molecular flexibility index (Phi) is 3.94. The Bertz CT molecular complexity index is 497. The van der Waals surface area contributed by atoms with Crippen molar-refractivity contribution in [3.63, 3.8) is 0 Å². The van der Waals surface area contributed by atoms with Gasteiger partial charge in [0, 0.05) is 12.1 Å². The van der Waals surface area contributed by atoms with Crippen LogP contribution in [0.3, 0.4) is 0 Å². The van der Waals surface area contributed by atoms with Crippen molar-refractivity contribution in [3.05, 3.63) is 22.5 Å². The van der Waals surface area contributed by atoms with Crippen LogP contribution in [0, 0.1) is 5.92 Å². The van der Waals surface area contributed by atoms with Gasteiger partial charge >= 0.3 is 12.1 Å². The number of carbonyl (C=O) groups is 1. The highest BCUT2D eigenvalue weighted by Crippen LogP contribution is 2.27. The van der Waals surface area contributed by atoms with Crippen LogP contribution in [0.4, 0.5) is 13.2 Å². The van der Waals surface area contributed by atoms with E-state index < -0.39 is 30.2 Å². The number of rotatable bonds is 4. The molecule has 1 atom stereocenters. The van der Waals surface area contributed by atoms with Crippen molar-refractivity contribution in [2.45, 2.75) is 12.7 Å². The molecule has 1 heterocycles. The Hall–Kier alpha value is -2.06. The van der Waals surface area contributed by atoms with Crippen LogP contribution in [-0.4, -0.2) is 34.1 Å². The average molecular weight is 266 g/mol. The zero-order chi connectivity index (χ0) is 13.9. The second-order valence-electron chi connectivity index (χ2n) is 3.33. The molecular weight excluding hydrogens is 257 g/mol. The van der Waals surface area contributed by atoms with E-state index in [1.54, 1.807) is 0 Å². The van der Waals surface area contributed by atoms with Gasteiger partial charge in [0.1, 0.15) is 0 Å². The van der Waals surface area contributed by atoms with Crippen molar-refractivity contribution in [3.8, 4) is 5.88 Å². The van der Waals surface area contributed by atoms with E-state index in [4.69, 9.17) is 5.11 Å². The lowest BCUT2D eigenvalue weighted by Crippen LogP contribution is -2.38. The molecule has 0 bridgehead atoms. The smallest absolute Gasteiger partial charge is 0.404 e. The van der Waals surface area contributed by atoms with Crippen molar-refractivity contribution in [2.75, 3.05) is 7.11 Å². The molecule has 1 N–H and O–H groups in total. The van der Waals surface area contributed by atoms with Gasteiger partial charge in [-0.2, -0.15) is 13.2 Å². The standard InChI is InChI=1S/C9H9F3N2O4/c1-18-6-2-3-7(15)14(13-6)4-5(8(16)17)9(10,11)12/h2-3,5H,4H2,1H3,(H,16,17). The highest BCUT2D eigenvalue weighted by Gasteiger charge is 2.45. The number of carboxylic acid groups (broad SMARTS) is 1. The van der Waals surface area contributed by atoms with E-state index in [-0.39, 0.29) is 5.88 Å². The molecule has 0 aliphatic carbocycles. The molecule has 0 saturated heterocycles.